The second-order valence-corrected chi connectivity index (χ2v) is 5.51. The number of nitro groups is 2. The molecule has 0 aliphatic heterocycles. The average molecular weight is 314 g/mol. The molecule has 0 saturated heterocycles. The van der Waals surface area contributed by atoms with Gasteiger partial charge in [0.25, 0.3) is 21.2 Å². The molecule has 1 aromatic carbocycles. The number of nitrogens with zero attached hydrogens (tertiary/aromatic N) is 2. The molecular weight excluding hydrogens is 309 g/mol. The third-order valence-electron chi connectivity index (χ3n) is 2.17. The Kier molecular flexibility index (Phi) is 3.98. The number of alkyl halides is 3. The van der Waals surface area contributed by atoms with Gasteiger partial charge in [-0.25, -0.2) is 8.42 Å². The van der Waals surface area contributed by atoms with Crippen LogP contribution in [0, 0.1) is 20.2 Å². The Morgan fingerprint density at radius 2 is 1.65 bits per heavy atom. The lowest BCUT2D eigenvalue weighted by Crippen LogP contribution is -2.25. The third kappa shape index (κ3) is 3.20. The van der Waals surface area contributed by atoms with E-state index >= 15 is 0 Å². The smallest absolute Gasteiger partial charge is 0.258 e. The second-order valence-electron chi connectivity index (χ2n) is 3.53. The minimum atomic E-state index is -5.61. The van der Waals surface area contributed by atoms with Crippen LogP contribution in [0.5, 0.6) is 0 Å². The standard InChI is InChI=1S/C8H5F3N2O6S/c9-8(10,11)20(18,19)4-5-1-2-6(12(14)15)3-7(5)13(16)17/h1-3H,4H2. The molecule has 0 saturated carbocycles. The number of hydrogen-bond acceptors (Lipinski definition) is 6. The molecule has 0 radical (unpaired) electrons. The van der Waals surface area contributed by atoms with Crippen LogP contribution in [0.3, 0.4) is 0 Å². The Hall–Kier alpha value is -2.24. The van der Waals surface area contributed by atoms with Gasteiger partial charge in [-0.15, -0.1) is 0 Å². The van der Waals surface area contributed by atoms with E-state index in [-0.39, 0.29) is 0 Å². The molecule has 0 aromatic heterocycles. The lowest BCUT2D eigenvalue weighted by atomic mass is 10.2. The van der Waals surface area contributed by atoms with E-state index in [1.54, 1.807) is 0 Å². The third-order valence-corrected chi connectivity index (χ3v) is 3.57. The molecule has 12 heteroatoms. The van der Waals surface area contributed by atoms with Gasteiger partial charge in [0, 0.05) is 11.6 Å². The molecule has 0 N–H and O–H groups in total. The summed E-state index contributed by atoms with van der Waals surface area (Å²) in [5.74, 6) is -1.66. The van der Waals surface area contributed by atoms with Crippen LogP contribution >= 0.6 is 0 Å². The van der Waals surface area contributed by atoms with Crippen LogP contribution in [0.2, 0.25) is 0 Å². The van der Waals surface area contributed by atoms with Crippen molar-refractivity contribution in [2.24, 2.45) is 0 Å². The maximum Gasteiger partial charge on any atom is 0.497 e. The van der Waals surface area contributed by atoms with Crippen molar-refractivity contribution in [3.8, 4) is 0 Å². The van der Waals surface area contributed by atoms with E-state index in [4.69, 9.17) is 0 Å². The lowest BCUT2D eigenvalue weighted by molar-refractivity contribution is -0.394. The van der Waals surface area contributed by atoms with Gasteiger partial charge in [0.15, 0.2) is 0 Å². The summed E-state index contributed by atoms with van der Waals surface area (Å²) in [7, 11) is -5.61. The van der Waals surface area contributed by atoms with Crippen molar-refractivity contribution >= 4 is 21.2 Å². The van der Waals surface area contributed by atoms with Gasteiger partial charge in [-0.05, 0) is 6.07 Å². The van der Waals surface area contributed by atoms with Crippen LogP contribution in [0.15, 0.2) is 18.2 Å². The van der Waals surface area contributed by atoms with E-state index in [1.807, 2.05) is 0 Å². The van der Waals surface area contributed by atoms with Gasteiger partial charge >= 0.3 is 5.51 Å². The van der Waals surface area contributed by atoms with E-state index in [2.05, 4.69) is 0 Å². The first-order valence-electron chi connectivity index (χ1n) is 4.66. The fraction of sp³-hybridized carbons (Fsp3) is 0.250. The zero-order chi connectivity index (χ0) is 15.7. The normalized spacial score (nSPS) is 12.2. The Labute approximate surface area is 109 Å². The van der Waals surface area contributed by atoms with E-state index < -0.39 is 47.9 Å². The molecule has 0 fully saturated rings. The predicted molar refractivity (Wildman–Crippen MR) is 58.4 cm³/mol. The molecule has 1 rings (SSSR count). The molecule has 110 valence electrons. The highest BCUT2D eigenvalue weighted by molar-refractivity contribution is 7.91. The first-order chi connectivity index (χ1) is 8.95. The van der Waals surface area contributed by atoms with E-state index in [1.165, 1.54) is 0 Å². The molecule has 0 spiro atoms. The van der Waals surface area contributed by atoms with Gasteiger partial charge in [0.2, 0.25) is 0 Å². The molecule has 1 aromatic rings. The minimum Gasteiger partial charge on any atom is -0.258 e. The van der Waals surface area contributed by atoms with Crippen molar-refractivity contribution in [1.29, 1.82) is 0 Å². The summed E-state index contributed by atoms with van der Waals surface area (Å²) in [5, 5.41) is 21.1. The van der Waals surface area contributed by atoms with Gasteiger partial charge < -0.3 is 0 Å². The van der Waals surface area contributed by atoms with E-state index in [0.717, 1.165) is 0 Å². The van der Waals surface area contributed by atoms with E-state index in [0.29, 0.717) is 18.2 Å². The fourth-order valence-corrected chi connectivity index (χ4v) is 2.06. The van der Waals surface area contributed by atoms with Crippen LogP contribution in [0.1, 0.15) is 5.56 Å². The van der Waals surface area contributed by atoms with Crippen LogP contribution in [-0.2, 0) is 15.6 Å². The van der Waals surface area contributed by atoms with Gasteiger partial charge in [-0.2, -0.15) is 13.2 Å². The average Bonchev–Trinajstić information content (AvgIpc) is 2.26. The Morgan fingerprint density at radius 3 is 2.05 bits per heavy atom. The molecule has 0 atom stereocenters. The van der Waals surface area contributed by atoms with Crippen LogP contribution in [-0.4, -0.2) is 23.8 Å². The monoisotopic (exact) mass is 314 g/mol. The molecule has 0 unspecified atom stereocenters. The molecule has 0 bridgehead atoms. The molecule has 0 amide bonds. The quantitative estimate of drug-likeness (QED) is 0.618. The minimum absolute atomic E-state index is 0.404. The number of rotatable bonds is 4. The number of non-ortho nitro benzene ring substituents is 1. The highest BCUT2D eigenvalue weighted by atomic mass is 32.2. The van der Waals surface area contributed by atoms with Crippen molar-refractivity contribution < 1.29 is 31.4 Å². The molecule has 0 aliphatic carbocycles. The summed E-state index contributed by atoms with van der Waals surface area (Å²) in [4.78, 5) is 18.9. The number of sulfone groups is 1. The zero-order valence-electron chi connectivity index (χ0n) is 9.33. The van der Waals surface area contributed by atoms with Gasteiger partial charge in [0.05, 0.1) is 21.7 Å². The second kappa shape index (κ2) is 5.03. The SMILES string of the molecule is O=[N+]([O-])c1ccc(CS(=O)(=O)C(F)(F)F)c([N+](=O)[O-])c1. The van der Waals surface area contributed by atoms with Gasteiger partial charge in [-0.1, -0.05) is 0 Å². The van der Waals surface area contributed by atoms with Gasteiger partial charge in [-0.3, -0.25) is 20.2 Å². The number of nitro benzene ring substituents is 2. The molecular formula is C8H5F3N2O6S. The highest BCUT2D eigenvalue weighted by Crippen LogP contribution is 2.31. The maximum absolute atomic E-state index is 12.2. The van der Waals surface area contributed by atoms with Gasteiger partial charge in [0.1, 0.15) is 0 Å². The van der Waals surface area contributed by atoms with Crippen LogP contribution in [0.25, 0.3) is 0 Å². The fourth-order valence-electron chi connectivity index (χ4n) is 1.24. The number of hydrogen-bond donors (Lipinski definition) is 0. The summed E-state index contributed by atoms with van der Waals surface area (Å²) in [6.45, 7) is 0. The summed E-state index contributed by atoms with van der Waals surface area (Å²) in [6.07, 6.45) is 0. The summed E-state index contributed by atoms with van der Waals surface area (Å²) in [6, 6.07) is 1.70. The first kappa shape index (κ1) is 15.8. The largest absolute Gasteiger partial charge is 0.497 e. The van der Waals surface area contributed by atoms with Crippen molar-refractivity contribution in [3.05, 3.63) is 44.0 Å². The van der Waals surface area contributed by atoms with Crippen LogP contribution in [0.4, 0.5) is 24.5 Å². The van der Waals surface area contributed by atoms with Crippen molar-refractivity contribution in [3.63, 3.8) is 0 Å². The van der Waals surface area contributed by atoms with Crippen LogP contribution < -0.4 is 0 Å². The Balaban J connectivity index is 3.34. The Bertz CT molecular complexity index is 669. The molecule has 0 heterocycles. The van der Waals surface area contributed by atoms with E-state index in [9.17, 15) is 41.8 Å². The number of halogens is 3. The first-order valence-corrected chi connectivity index (χ1v) is 6.31. The summed E-state index contributed by atoms with van der Waals surface area (Å²) in [5.41, 5.74) is -8.14. The highest BCUT2D eigenvalue weighted by Gasteiger charge is 2.46. The molecule has 20 heavy (non-hydrogen) atoms. The summed E-state index contributed by atoms with van der Waals surface area (Å²) < 4.78 is 58.4. The zero-order valence-corrected chi connectivity index (χ0v) is 10.1. The predicted octanol–water partition coefficient (Wildman–Crippen LogP) is 1.94. The number of benzene rings is 1. The molecule has 0 aliphatic rings. The summed E-state index contributed by atoms with van der Waals surface area (Å²) >= 11 is 0. The van der Waals surface area contributed by atoms with Crippen molar-refractivity contribution in [1.82, 2.24) is 0 Å². The topological polar surface area (TPSA) is 120 Å². The van der Waals surface area contributed by atoms with Crippen molar-refractivity contribution in [2.45, 2.75) is 11.3 Å². The van der Waals surface area contributed by atoms with Crippen molar-refractivity contribution in [2.75, 3.05) is 0 Å². The Morgan fingerprint density at radius 1 is 1.10 bits per heavy atom. The maximum atomic E-state index is 12.2. The lowest BCUT2D eigenvalue weighted by Gasteiger charge is -2.08. The molecule has 8 nitrogen and oxygen atoms in total.